The first-order chi connectivity index (χ1) is 68.7. The van der Waals surface area contributed by atoms with Gasteiger partial charge >= 0.3 is 18.5 Å². The molecule has 3 aliphatic heterocycles. The third-order valence-corrected chi connectivity index (χ3v) is 27.8. The van der Waals surface area contributed by atoms with Gasteiger partial charge in [0.25, 0.3) is 23.5 Å². The number of alkyl halides is 9. The van der Waals surface area contributed by atoms with Crippen LogP contribution in [-0.4, -0.2) is 195 Å². The van der Waals surface area contributed by atoms with E-state index < -0.39 is 57.2 Å². The number of carbonyl (C=O) groups is 3. The number of amides is 3. The molecule has 3 amide bonds. The van der Waals surface area contributed by atoms with Crippen LogP contribution >= 0.6 is 22.9 Å². The fourth-order valence-electron chi connectivity index (χ4n) is 16.9. The summed E-state index contributed by atoms with van der Waals surface area (Å²) in [6.07, 6.45) is -1.49. The van der Waals surface area contributed by atoms with Gasteiger partial charge in [-0.05, 0) is 208 Å². The number of hydrogen-bond donors (Lipinski definition) is 0. The number of ether oxygens (including phenoxy) is 3. The summed E-state index contributed by atoms with van der Waals surface area (Å²) in [7, 11) is 4.44. The predicted molar refractivity (Wildman–Crippen MR) is 528 cm³/mol. The highest BCUT2D eigenvalue weighted by atomic mass is 35.5. The van der Waals surface area contributed by atoms with Crippen LogP contribution in [0, 0.1) is 11.8 Å². The van der Waals surface area contributed by atoms with Crippen LogP contribution in [0.15, 0.2) is 228 Å². The maximum atomic E-state index is 13.8. The lowest BCUT2D eigenvalue weighted by Crippen LogP contribution is -2.42. The minimum Gasteiger partial charge on any atom is -0.497 e. The quantitative estimate of drug-likeness (QED) is 0.0604. The molecule has 15 heterocycles. The molecule has 3 fully saturated rings. The molecule has 0 spiro atoms. The summed E-state index contributed by atoms with van der Waals surface area (Å²) in [6, 6.07) is 58.6. The van der Waals surface area contributed by atoms with E-state index in [9.17, 15) is 62.3 Å². The minimum atomic E-state index is -4.66. The van der Waals surface area contributed by atoms with Crippen LogP contribution in [0.3, 0.4) is 0 Å². The first-order valence-electron chi connectivity index (χ1n) is 46.4. The van der Waals surface area contributed by atoms with Crippen molar-refractivity contribution < 1.29 is 76.5 Å². The van der Waals surface area contributed by atoms with Gasteiger partial charge in [-0.2, -0.15) is 69.4 Å². The van der Waals surface area contributed by atoms with Gasteiger partial charge in [0.05, 0.1) is 93.4 Å². The van der Waals surface area contributed by atoms with Gasteiger partial charge in [0.2, 0.25) is 5.16 Å². The van der Waals surface area contributed by atoms with Crippen LogP contribution in [0.25, 0.3) is 107 Å². The van der Waals surface area contributed by atoms with Gasteiger partial charge in [-0.15, -0.1) is 16.4 Å². The molecular formula is C102H100ClF9N20O8S3. The van der Waals surface area contributed by atoms with Gasteiger partial charge in [0.1, 0.15) is 17.2 Å². The molecule has 0 bridgehead atoms. The lowest BCUT2D eigenvalue weighted by molar-refractivity contribution is -0.143. The molecule has 4 unspecified atom stereocenters. The second-order valence-corrected chi connectivity index (χ2v) is 39.0. The van der Waals surface area contributed by atoms with Crippen molar-refractivity contribution >= 4 is 90.6 Å². The number of aryl methyl sites for hydroxylation is 1. The summed E-state index contributed by atoms with van der Waals surface area (Å²) >= 11 is 7.16. The second-order valence-electron chi connectivity index (χ2n) is 34.6. The number of carbonyl (C=O) groups excluding carboxylic acids is 3. The van der Waals surface area contributed by atoms with Gasteiger partial charge in [-0.1, -0.05) is 101 Å². The fourth-order valence-corrected chi connectivity index (χ4v) is 20.0. The van der Waals surface area contributed by atoms with E-state index in [-0.39, 0.29) is 68.8 Å². The third-order valence-electron chi connectivity index (χ3n) is 24.1. The largest absolute Gasteiger partial charge is 0.497 e. The molecule has 0 saturated carbocycles. The topological polar surface area (TPSA) is 292 Å². The molecule has 143 heavy (non-hydrogen) atoms. The number of halogens is 10. The zero-order valence-corrected chi connectivity index (χ0v) is 82.3. The second kappa shape index (κ2) is 44.6. The number of benzene rings is 5. The Balaban J connectivity index is 0.000000128. The van der Waals surface area contributed by atoms with Crippen LogP contribution in [-0.2, 0) is 47.2 Å². The molecule has 3 saturated heterocycles. The number of hydrogen-bond acceptors (Lipinski definition) is 20. The summed E-state index contributed by atoms with van der Waals surface area (Å²) in [5.41, 5.74) is 6.46. The van der Waals surface area contributed by atoms with E-state index in [1.54, 1.807) is 104 Å². The maximum Gasteiger partial charge on any atom is 0.433 e. The monoisotopic (exact) mass is 2030 g/mol. The molecule has 744 valence electrons. The Hall–Kier alpha value is -14.1. The Kier molecular flexibility index (Phi) is 31.7. The van der Waals surface area contributed by atoms with Crippen LogP contribution in [0.5, 0.6) is 17.2 Å². The first kappa shape index (κ1) is 102. The molecule has 0 aliphatic carbocycles. The lowest BCUT2D eigenvalue weighted by atomic mass is 9.92. The Morgan fingerprint density at radius 2 is 0.825 bits per heavy atom. The average molecular weight is 2040 g/mol. The van der Waals surface area contributed by atoms with Crippen molar-refractivity contribution in [2.45, 2.75) is 127 Å². The molecule has 5 aromatic carbocycles. The number of fused-ring (bicyclic) bond motifs is 5. The van der Waals surface area contributed by atoms with Gasteiger partial charge in [0.15, 0.2) is 61.8 Å². The number of nitrogens with zero attached hydrogens (tertiary/aromatic N) is 20. The predicted octanol–water partition coefficient (Wildman–Crippen LogP) is 22.0. The molecule has 12 aromatic heterocycles. The number of likely N-dealkylation sites (tertiary alicyclic amines) is 3. The normalized spacial score (nSPS) is 15.0. The highest BCUT2D eigenvalue weighted by Gasteiger charge is 2.40. The van der Waals surface area contributed by atoms with Crippen molar-refractivity contribution in [2.24, 2.45) is 18.9 Å². The van der Waals surface area contributed by atoms with Crippen molar-refractivity contribution in [1.29, 1.82) is 0 Å². The van der Waals surface area contributed by atoms with Gasteiger partial charge in [-0.3, -0.25) is 22.8 Å². The van der Waals surface area contributed by atoms with Crippen LogP contribution < -0.4 is 14.2 Å². The molecule has 17 aromatic rings. The van der Waals surface area contributed by atoms with Gasteiger partial charge in [0, 0.05) is 121 Å². The number of methoxy groups -OCH3 is 3. The Morgan fingerprint density at radius 3 is 1.25 bits per heavy atom. The molecular weight excluding hydrogens is 1940 g/mol. The van der Waals surface area contributed by atoms with E-state index in [2.05, 4.69) is 78.1 Å². The maximum absolute atomic E-state index is 13.8. The Morgan fingerprint density at radius 1 is 0.413 bits per heavy atom. The molecule has 3 aliphatic rings. The zero-order chi connectivity index (χ0) is 101. The molecule has 4 atom stereocenters. The molecule has 0 N–H and O–H groups in total. The Bertz CT molecular complexity index is 7400. The molecule has 20 rings (SSSR count). The van der Waals surface area contributed by atoms with Gasteiger partial charge < -0.3 is 33.5 Å². The molecule has 0 radical (unpaired) electrons. The summed E-state index contributed by atoms with van der Waals surface area (Å²) < 4.78 is 171. The molecule has 28 nitrogen and oxygen atoms in total. The SMILES string of the molecule is CCCCS(=O)c1cc2nc(-c3ccc(OC)cc3)cc(-c3cccn3C)n2n1.CCCCS(=O)c1nc2nc(-c3ccc(OC)cc3)cc(-c3ccccc3)n2n1.COc1ccc(-c2cc(C(F)(F)F)n3nc(C(=O)N4CC(C)CC(C)C4)cc3n2)cc1.O=C(c1cc2nc(-c3ccc(Cl)cc3)cc(C(F)(F)F)n2n1)N1CCCCC1.O=C(c1cc2nc(-c3cccs3)cc(C(F)(F)F)n2n1)N1CCCCC1. The number of rotatable bonds is 21. The van der Waals surface area contributed by atoms with E-state index in [1.807, 2.05) is 127 Å². The summed E-state index contributed by atoms with van der Waals surface area (Å²) in [4.78, 5) is 70.6. The van der Waals surface area contributed by atoms with E-state index in [1.165, 1.54) is 36.6 Å². The Labute approximate surface area is 829 Å². The minimum absolute atomic E-state index is 0.00627. The van der Waals surface area contributed by atoms with Crippen molar-refractivity contribution in [2.75, 3.05) is 72.1 Å². The zero-order valence-electron chi connectivity index (χ0n) is 79.1. The summed E-state index contributed by atoms with van der Waals surface area (Å²) in [5, 5.41) is 24.2. The highest BCUT2D eigenvalue weighted by molar-refractivity contribution is 7.85. The summed E-state index contributed by atoms with van der Waals surface area (Å²) in [6.45, 7) is 11.8. The van der Waals surface area contributed by atoms with Crippen LogP contribution in [0.1, 0.15) is 147 Å². The number of unbranched alkanes of at least 4 members (excludes halogenated alkanes) is 2. The van der Waals surface area contributed by atoms with E-state index >= 15 is 0 Å². The van der Waals surface area contributed by atoms with Crippen LogP contribution in [0.2, 0.25) is 5.02 Å². The van der Waals surface area contributed by atoms with Crippen LogP contribution in [0.4, 0.5) is 39.5 Å². The number of piperidine rings is 3. The standard InChI is InChI=1S/C22H23F3N4O2.C22H24N4O2S.C22H22N4O2S.C19H16ClF3N4O.C17H15F3N4OS/c1-13-8-14(2)12-28(11-13)21(30)18-10-20-26-17(15-4-6-16(31-3)7-5-15)9-19(22(23,24)25)29(20)27-18;1-4-5-13-29(27)22-15-21-23-18(16-8-10-17(28-3)11-9-16)14-20(26(21)24-22)19-7-6-12-25(19)2;1-3-4-14-29(27)22-24-21-23-19(16-10-12-18(28-2)13-11-16)15-20(26(21)25-22)17-8-6-5-7-9-17;20-13-6-4-12(5-7-13)14-10-16(19(21,22)23)27-17(24-14)11-15(25-27)18(28)26-8-2-1-3-9-26;18-17(19,20)14-9-11(13-5-4-8-26-13)21-15-10-12(22-24(14)15)16(25)23-6-2-1-3-7-23/h4-7,9-10,13-14H,8,11-12H2,1-3H3;6-12,14-15H,4-5,13H2,1-3H3;5-13,15H,3-4,14H2,1-2H3;4-7,10-11H,1-3,8-9H2;4-5,8-10H,1-3,6-7H2. The van der Waals surface area contributed by atoms with Crippen molar-refractivity contribution in [3.05, 3.63) is 257 Å². The number of thiophene rings is 1. The smallest absolute Gasteiger partial charge is 0.433 e. The van der Waals surface area contributed by atoms with Crippen molar-refractivity contribution in [3.8, 4) is 95.5 Å². The lowest BCUT2D eigenvalue weighted by Gasteiger charge is -2.34. The van der Waals surface area contributed by atoms with Gasteiger partial charge in [-0.25, -0.2) is 43.0 Å². The fraction of sp³-hybridized carbons (Fsp3) is 0.314. The van der Waals surface area contributed by atoms with E-state index in [0.717, 1.165) is 145 Å². The van der Waals surface area contributed by atoms with Crippen molar-refractivity contribution in [1.82, 2.24) is 97.2 Å². The van der Waals surface area contributed by atoms with E-state index in [0.29, 0.717) is 125 Å². The third kappa shape index (κ3) is 23.9. The molecule has 41 heteroatoms. The van der Waals surface area contributed by atoms with E-state index in [4.69, 9.17) is 30.8 Å². The number of aromatic nitrogens is 17. The first-order valence-corrected chi connectivity index (χ1v) is 50.3. The van der Waals surface area contributed by atoms with Crippen molar-refractivity contribution in [3.63, 3.8) is 0 Å². The highest BCUT2D eigenvalue weighted by Crippen LogP contribution is 2.40. The average Bonchev–Trinajstić information content (AvgIpc) is 1.65. The summed E-state index contributed by atoms with van der Waals surface area (Å²) in [5.74, 6) is 3.36.